The molecule has 1 aliphatic rings. The van der Waals surface area contributed by atoms with E-state index in [2.05, 4.69) is 10.1 Å². The Morgan fingerprint density at radius 3 is 2.64 bits per heavy atom. The van der Waals surface area contributed by atoms with E-state index in [1.807, 2.05) is 7.05 Å². The first-order valence-corrected chi connectivity index (χ1v) is 5.50. The van der Waals surface area contributed by atoms with Crippen LogP contribution in [-0.2, 0) is 9.53 Å². The Kier molecular flexibility index (Phi) is 4.94. The van der Waals surface area contributed by atoms with E-state index in [-0.39, 0.29) is 5.97 Å². The van der Waals surface area contributed by atoms with E-state index in [0.29, 0.717) is 12.5 Å². The monoisotopic (exact) mass is 199 g/mol. The van der Waals surface area contributed by atoms with Gasteiger partial charge in [0, 0.05) is 6.04 Å². The van der Waals surface area contributed by atoms with Crippen LogP contribution in [0.1, 0.15) is 38.5 Å². The summed E-state index contributed by atoms with van der Waals surface area (Å²) in [6, 6.07) is 0.297. The number of rotatable bonds is 5. The normalized spacial score (nSPS) is 19.6. The van der Waals surface area contributed by atoms with Crippen molar-refractivity contribution in [3.8, 4) is 0 Å². The molecule has 82 valence electrons. The molecule has 0 aromatic heterocycles. The number of esters is 1. The molecule has 14 heavy (non-hydrogen) atoms. The molecular weight excluding hydrogens is 178 g/mol. The molecule has 0 bridgehead atoms. The number of nitrogens with one attached hydrogen (secondary N) is 1. The van der Waals surface area contributed by atoms with Crippen molar-refractivity contribution < 1.29 is 9.53 Å². The molecule has 0 heterocycles. The average Bonchev–Trinajstić information content (AvgIpc) is 2.69. The zero-order valence-electron chi connectivity index (χ0n) is 9.21. The van der Waals surface area contributed by atoms with Gasteiger partial charge in [-0.25, -0.2) is 0 Å². The molecule has 1 fully saturated rings. The highest BCUT2D eigenvalue weighted by Crippen LogP contribution is 2.29. The van der Waals surface area contributed by atoms with Crippen molar-refractivity contribution in [2.24, 2.45) is 5.92 Å². The van der Waals surface area contributed by atoms with Crippen LogP contribution in [0.15, 0.2) is 0 Å². The van der Waals surface area contributed by atoms with Crippen LogP contribution in [-0.4, -0.2) is 26.2 Å². The van der Waals surface area contributed by atoms with Gasteiger partial charge in [-0.15, -0.1) is 0 Å². The van der Waals surface area contributed by atoms with Crippen LogP contribution in [0.25, 0.3) is 0 Å². The Balaban J connectivity index is 2.26. The summed E-state index contributed by atoms with van der Waals surface area (Å²) < 4.78 is 4.67. The smallest absolute Gasteiger partial charge is 0.307 e. The highest BCUT2D eigenvalue weighted by molar-refractivity contribution is 5.69. The Labute approximate surface area is 86.2 Å². The molecule has 3 nitrogen and oxygen atoms in total. The third kappa shape index (κ3) is 3.66. The predicted octanol–water partition coefficient (Wildman–Crippen LogP) is 1.72. The minimum atomic E-state index is -0.109. The van der Waals surface area contributed by atoms with E-state index in [9.17, 15) is 4.79 Å². The molecule has 0 aliphatic heterocycles. The largest absolute Gasteiger partial charge is 0.469 e. The van der Waals surface area contributed by atoms with E-state index in [4.69, 9.17) is 0 Å². The SMILES string of the molecule is CNC(CC(=O)OC)CC1CCCC1. The lowest BCUT2D eigenvalue weighted by Gasteiger charge is -2.18. The molecular formula is C11H21NO2. The number of carbonyl (C=O) groups is 1. The quantitative estimate of drug-likeness (QED) is 0.685. The van der Waals surface area contributed by atoms with Gasteiger partial charge in [-0.3, -0.25) is 4.79 Å². The van der Waals surface area contributed by atoms with E-state index in [1.165, 1.54) is 32.8 Å². The highest BCUT2D eigenvalue weighted by Gasteiger charge is 2.21. The molecule has 1 unspecified atom stereocenters. The van der Waals surface area contributed by atoms with Crippen molar-refractivity contribution in [1.82, 2.24) is 5.32 Å². The molecule has 1 atom stereocenters. The van der Waals surface area contributed by atoms with Crippen LogP contribution >= 0.6 is 0 Å². The fraction of sp³-hybridized carbons (Fsp3) is 0.909. The Morgan fingerprint density at radius 2 is 2.14 bits per heavy atom. The minimum Gasteiger partial charge on any atom is -0.469 e. The molecule has 1 aliphatic carbocycles. The molecule has 3 heteroatoms. The second kappa shape index (κ2) is 6.02. The predicted molar refractivity (Wildman–Crippen MR) is 56.1 cm³/mol. The summed E-state index contributed by atoms with van der Waals surface area (Å²) in [6.07, 6.45) is 7.01. The van der Waals surface area contributed by atoms with Crippen LogP contribution in [0.3, 0.4) is 0 Å². The van der Waals surface area contributed by atoms with Crippen LogP contribution < -0.4 is 5.32 Å². The maximum Gasteiger partial charge on any atom is 0.307 e. The third-order valence-electron chi connectivity index (χ3n) is 3.14. The number of ether oxygens (including phenoxy) is 1. The van der Waals surface area contributed by atoms with Gasteiger partial charge >= 0.3 is 5.97 Å². The highest BCUT2D eigenvalue weighted by atomic mass is 16.5. The van der Waals surface area contributed by atoms with E-state index < -0.39 is 0 Å². The molecule has 0 saturated heterocycles. The first kappa shape index (κ1) is 11.5. The second-order valence-corrected chi connectivity index (χ2v) is 4.15. The number of hydrogen-bond acceptors (Lipinski definition) is 3. The first-order chi connectivity index (χ1) is 6.76. The van der Waals surface area contributed by atoms with Gasteiger partial charge in [-0.05, 0) is 19.4 Å². The lowest BCUT2D eigenvalue weighted by atomic mass is 9.97. The van der Waals surface area contributed by atoms with Crippen molar-refractivity contribution in [2.75, 3.05) is 14.2 Å². The van der Waals surface area contributed by atoms with Crippen LogP contribution in [0.2, 0.25) is 0 Å². The number of methoxy groups -OCH3 is 1. The lowest BCUT2D eigenvalue weighted by Crippen LogP contribution is -2.30. The molecule has 1 N–H and O–H groups in total. The van der Waals surface area contributed by atoms with Crippen molar-refractivity contribution in [3.05, 3.63) is 0 Å². The fourth-order valence-electron chi connectivity index (χ4n) is 2.24. The second-order valence-electron chi connectivity index (χ2n) is 4.15. The Bertz CT molecular complexity index is 176. The van der Waals surface area contributed by atoms with E-state index >= 15 is 0 Å². The number of hydrogen-bond donors (Lipinski definition) is 1. The summed E-state index contributed by atoms with van der Waals surface area (Å²) in [5, 5.41) is 3.19. The first-order valence-electron chi connectivity index (χ1n) is 5.50. The number of carbonyl (C=O) groups excluding carboxylic acids is 1. The van der Waals surface area contributed by atoms with Gasteiger partial charge in [0.05, 0.1) is 13.5 Å². The van der Waals surface area contributed by atoms with Gasteiger partial charge < -0.3 is 10.1 Å². The molecule has 0 aromatic carbocycles. The van der Waals surface area contributed by atoms with Gasteiger partial charge in [0.25, 0.3) is 0 Å². The summed E-state index contributed by atoms with van der Waals surface area (Å²) in [6.45, 7) is 0. The summed E-state index contributed by atoms with van der Waals surface area (Å²) in [5.41, 5.74) is 0. The molecule has 0 aromatic rings. The maximum atomic E-state index is 11.1. The van der Waals surface area contributed by atoms with Crippen LogP contribution in [0.5, 0.6) is 0 Å². The Hall–Kier alpha value is -0.570. The van der Waals surface area contributed by atoms with Crippen molar-refractivity contribution >= 4 is 5.97 Å². The zero-order chi connectivity index (χ0) is 10.4. The van der Waals surface area contributed by atoms with Gasteiger partial charge in [-0.2, -0.15) is 0 Å². The Morgan fingerprint density at radius 1 is 1.50 bits per heavy atom. The van der Waals surface area contributed by atoms with Crippen molar-refractivity contribution in [3.63, 3.8) is 0 Å². The summed E-state index contributed by atoms with van der Waals surface area (Å²) in [7, 11) is 3.37. The third-order valence-corrected chi connectivity index (χ3v) is 3.14. The molecule has 0 radical (unpaired) electrons. The van der Waals surface area contributed by atoms with Crippen molar-refractivity contribution in [2.45, 2.75) is 44.6 Å². The van der Waals surface area contributed by atoms with Gasteiger partial charge in [0.1, 0.15) is 0 Å². The maximum absolute atomic E-state index is 11.1. The van der Waals surface area contributed by atoms with Gasteiger partial charge in [-0.1, -0.05) is 25.7 Å². The van der Waals surface area contributed by atoms with Crippen LogP contribution in [0.4, 0.5) is 0 Å². The van der Waals surface area contributed by atoms with Crippen LogP contribution in [0, 0.1) is 5.92 Å². The van der Waals surface area contributed by atoms with Crippen molar-refractivity contribution in [1.29, 1.82) is 0 Å². The fourth-order valence-corrected chi connectivity index (χ4v) is 2.24. The summed E-state index contributed by atoms with van der Waals surface area (Å²) in [5.74, 6) is 0.708. The molecule has 0 amide bonds. The average molecular weight is 199 g/mol. The standard InChI is InChI=1S/C11H21NO2/c1-12-10(8-11(13)14-2)7-9-5-3-4-6-9/h9-10,12H,3-8H2,1-2H3. The summed E-state index contributed by atoms with van der Waals surface area (Å²) >= 11 is 0. The molecule has 0 spiro atoms. The minimum absolute atomic E-state index is 0.109. The topological polar surface area (TPSA) is 38.3 Å². The van der Waals surface area contributed by atoms with E-state index in [1.54, 1.807) is 0 Å². The lowest BCUT2D eigenvalue weighted by molar-refractivity contribution is -0.141. The zero-order valence-corrected chi connectivity index (χ0v) is 9.21. The molecule has 1 rings (SSSR count). The molecule has 1 saturated carbocycles. The van der Waals surface area contributed by atoms with Gasteiger partial charge in [0.15, 0.2) is 0 Å². The van der Waals surface area contributed by atoms with E-state index in [0.717, 1.165) is 12.3 Å². The van der Waals surface area contributed by atoms with Gasteiger partial charge in [0.2, 0.25) is 0 Å². The summed E-state index contributed by atoms with van der Waals surface area (Å²) in [4.78, 5) is 11.1.